The van der Waals surface area contributed by atoms with Gasteiger partial charge in [-0.25, -0.2) is 8.78 Å². The fourth-order valence-corrected chi connectivity index (χ4v) is 5.35. The molecule has 182 valence electrons. The van der Waals surface area contributed by atoms with E-state index in [4.69, 9.17) is 4.74 Å². The van der Waals surface area contributed by atoms with Crippen LogP contribution < -0.4 is 15.4 Å². The number of H-pyrrole nitrogens is 1. The lowest BCUT2D eigenvalue weighted by Crippen LogP contribution is -2.45. The maximum atomic E-state index is 13.6. The Labute approximate surface area is 195 Å². The highest BCUT2D eigenvalue weighted by Crippen LogP contribution is 2.44. The summed E-state index contributed by atoms with van der Waals surface area (Å²) in [5.41, 5.74) is 3.78. The van der Waals surface area contributed by atoms with Crippen molar-refractivity contribution in [3.63, 3.8) is 0 Å². The van der Waals surface area contributed by atoms with E-state index in [-0.39, 0.29) is 17.8 Å². The molecule has 3 N–H and O–H groups in total. The molecule has 0 spiro atoms. The fourth-order valence-electron chi connectivity index (χ4n) is 5.35. The van der Waals surface area contributed by atoms with Gasteiger partial charge < -0.3 is 20.4 Å². The average molecular weight is 477 g/mol. The zero-order valence-electron chi connectivity index (χ0n) is 18.8. The van der Waals surface area contributed by atoms with E-state index in [0.717, 1.165) is 41.7 Å². The summed E-state index contributed by atoms with van der Waals surface area (Å²) in [6.45, 7) is 0.0724. The second-order valence-corrected chi connectivity index (χ2v) is 9.07. The van der Waals surface area contributed by atoms with Crippen LogP contribution in [0.1, 0.15) is 36.2 Å². The van der Waals surface area contributed by atoms with Crippen molar-refractivity contribution in [1.29, 1.82) is 0 Å². The van der Waals surface area contributed by atoms with Crippen molar-refractivity contribution in [2.75, 3.05) is 25.0 Å². The SMILES string of the molecule is C[C@@H]1Cc2c([nH]c3ccccc23)[C@@H](c2ccc(N[C@H]3CCNC3)cc2OC(F)F)N1CC(F)F. The third-order valence-corrected chi connectivity index (χ3v) is 6.82. The minimum Gasteiger partial charge on any atom is -0.434 e. The van der Waals surface area contributed by atoms with Gasteiger partial charge in [0.15, 0.2) is 0 Å². The van der Waals surface area contributed by atoms with Crippen LogP contribution in [0.4, 0.5) is 23.2 Å². The number of hydrogen-bond donors (Lipinski definition) is 3. The summed E-state index contributed by atoms with van der Waals surface area (Å²) >= 11 is 0. The van der Waals surface area contributed by atoms with E-state index in [1.165, 1.54) is 0 Å². The van der Waals surface area contributed by atoms with Gasteiger partial charge in [-0.1, -0.05) is 24.3 Å². The maximum absolute atomic E-state index is 13.6. The number of ether oxygens (including phenoxy) is 1. The number of aromatic amines is 1. The molecule has 1 saturated heterocycles. The van der Waals surface area contributed by atoms with Crippen LogP contribution in [0.2, 0.25) is 0 Å². The molecule has 0 radical (unpaired) electrons. The Morgan fingerprint density at radius 1 is 1.15 bits per heavy atom. The lowest BCUT2D eigenvalue weighted by atomic mass is 9.88. The molecular formula is C25H28F4N4O. The molecule has 1 fully saturated rings. The van der Waals surface area contributed by atoms with Crippen LogP contribution in [0, 0.1) is 0 Å². The molecule has 1 aromatic heterocycles. The van der Waals surface area contributed by atoms with Crippen LogP contribution in [0.15, 0.2) is 42.5 Å². The summed E-state index contributed by atoms with van der Waals surface area (Å²) in [5.74, 6) is -0.00562. The van der Waals surface area contributed by atoms with E-state index in [1.54, 1.807) is 17.0 Å². The van der Waals surface area contributed by atoms with Crippen LogP contribution in [0.3, 0.4) is 0 Å². The van der Waals surface area contributed by atoms with E-state index in [1.807, 2.05) is 37.3 Å². The van der Waals surface area contributed by atoms with Gasteiger partial charge in [0.2, 0.25) is 0 Å². The summed E-state index contributed by atoms with van der Waals surface area (Å²) in [6, 6.07) is 12.2. The molecule has 3 aromatic rings. The first-order valence-electron chi connectivity index (χ1n) is 11.6. The van der Waals surface area contributed by atoms with E-state index in [9.17, 15) is 17.6 Å². The molecule has 0 saturated carbocycles. The molecule has 0 amide bonds. The number of aromatic nitrogens is 1. The standard InChI is InChI=1S/C25H28F4N4O/c1-14-10-19-17-4-2-3-5-20(17)32-23(19)24(33(14)13-22(26)27)18-7-6-15(11-21(18)34-25(28)29)31-16-8-9-30-12-16/h2-7,11,14,16,22,24-25,30-32H,8-10,12-13H2,1H3/t14-,16+,24-/m1/s1. The Hall–Kier alpha value is -2.78. The van der Waals surface area contributed by atoms with Gasteiger partial charge in [-0.05, 0) is 44.0 Å². The van der Waals surface area contributed by atoms with Gasteiger partial charge in [0.05, 0.1) is 12.6 Å². The molecule has 2 aliphatic rings. The zero-order chi connectivity index (χ0) is 23.8. The molecular weight excluding hydrogens is 448 g/mol. The lowest BCUT2D eigenvalue weighted by molar-refractivity contribution is -0.0515. The molecule has 0 aliphatic carbocycles. The Balaban J connectivity index is 1.62. The first-order valence-corrected chi connectivity index (χ1v) is 11.6. The number of nitrogens with zero attached hydrogens (tertiary/aromatic N) is 1. The van der Waals surface area contributed by atoms with Crippen molar-refractivity contribution < 1.29 is 22.3 Å². The Kier molecular flexibility index (Phi) is 6.40. The number of anilines is 1. The van der Waals surface area contributed by atoms with Crippen molar-refractivity contribution in [1.82, 2.24) is 15.2 Å². The van der Waals surface area contributed by atoms with Crippen LogP contribution in [-0.4, -0.2) is 54.6 Å². The topological polar surface area (TPSA) is 52.3 Å². The van der Waals surface area contributed by atoms with Gasteiger partial charge in [-0.15, -0.1) is 0 Å². The highest BCUT2D eigenvalue weighted by molar-refractivity contribution is 5.85. The lowest BCUT2D eigenvalue weighted by Gasteiger charge is -2.41. The Morgan fingerprint density at radius 3 is 2.71 bits per heavy atom. The smallest absolute Gasteiger partial charge is 0.387 e. The summed E-state index contributed by atoms with van der Waals surface area (Å²) in [5, 5.41) is 7.63. The van der Waals surface area contributed by atoms with Crippen molar-refractivity contribution in [3.05, 3.63) is 59.3 Å². The third kappa shape index (κ3) is 4.46. The number of rotatable bonds is 7. The molecule has 5 nitrogen and oxygen atoms in total. The normalized spacial score (nSPS) is 23.1. The van der Waals surface area contributed by atoms with Gasteiger partial charge in [0.1, 0.15) is 5.75 Å². The summed E-state index contributed by atoms with van der Waals surface area (Å²) in [7, 11) is 0. The first kappa shape index (κ1) is 23.0. The maximum Gasteiger partial charge on any atom is 0.387 e. The second-order valence-electron chi connectivity index (χ2n) is 9.07. The number of benzene rings is 2. The molecule has 2 aliphatic heterocycles. The van der Waals surface area contributed by atoms with Crippen molar-refractivity contribution in [2.24, 2.45) is 0 Å². The highest BCUT2D eigenvalue weighted by Gasteiger charge is 2.38. The van der Waals surface area contributed by atoms with Crippen molar-refractivity contribution in [2.45, 2.75) is 50.9 Å². The minimum absolute atomic E-state index is 0.00562. The number of para-hydroxylation sites is 1. The predicted molar refractivity (Wildman–Crippen MR) is 124 cm³/mol. The predicted octanol–water partition coefficient (Wildman–Crippen LogP) is 5.14. The van der Waals surface area contributed by atoms with Gasteiger partial charge in [-0.2, -0.15) is 8.78 Å². The number of alkyl halides is 4. The quantitative estimate of drug-likeness (QED) is 0.413. The number of hydrogen-bond acceptors (Lipinski definition) is 4. The Morgan fingerprint density at radius 2 is 1.97 bits per heavy atom. The summed E-state index contributed by atoms with van der Waals surface area (Å²) < 4.78 is 59.2. The second kappa shape index (κ2) is 9.46. The van der Waals surface area contributed by atoms with E-state index < -0.39 is 25.6 Å². The van der Waals surface area contributed by atoms with Crippen LogP contribution >= 0.6 is 0 Å². The van der Waals surface area contributed by atoms with Crippen LogP contribution in [0.25, 0.3) is 10.9 Å². The van der Waals surface area contributed by atoms with Gasteiger partial charge >= 0.3 is 6.61 Å². The Bertz CT molecular complexity index is 1150. The third-order valence-electron chi connectivity index (χ3n) is 6.82. The molecule has 3 atom stereocenters. The van der Waals surface area contributed by atoms with Gasteiger partial charge in [-0.3, -0.25) is 4.90 Å². The van der Waals surface area contributed by atoms with Gasteiger partial charge in [0, 0.05) is 52.5 Å². The van der Waals surface area contributed by atoms with Crippen LogP contribution in [-0.2, 0) is 6.42 Å². The molecule has 34 heavy (non-hydrogen) atoms. The van der Waals surface area contributed by atoms with E-state index >= 15 is 0 Å². The molecule has 3 heterocycles. The van der Waals surface area contributed by atoms with Crippen molar-refractivity contribution in [3.8, 4) is 5.75 Å². The highest BCUT2D eigenvalue weighted by atomic mass is 19.3. The molecule has 0 unspecified atom stereocenters. The molecule has 2 aromatic carbocycles. The zero-order valence-corrected chi connectivity index (χ0v) is 18.8. The van der Waals surface area contributed by atoms with Gasteiger partial charge in [0.25, 0.3) is 6.43 Å². The summed E-state index contributed by atoms with van der Waals surface area (Å²) in [4.78, 5) is 5.07. The summed E-state index contributed by atoms with van der Waals surface area (Å²) in [6.07, 6.45) is -1.05. The number of nitrogens with one attached hydrogen (secondary N) is 3. The molecule has 9 heteroatoms. The number of fused-ring (bicyclic) bond motifs is 3. The van der Waals surface area contributed by atoms with Crippen molar-refractivity contribution >= 4 is 16.6 Å². The monoisotopic (exact) mass is 476 g/mol. The fraction of sp³-hybridized carbons (Fsp3) is 0.440. The number of halogens is 4. The largest absolute Gasteiger partial charge is 0.434 e. The molecule has 0 bridgehead atoms. The van der Waals surface area contributed by atoms with Crippen LogP contribution in [0.5, 0.6) is 5.75 Å². The molecule has 5 rings (SSSR count). The van der Waals surface area contributed by atoms with E-state index in [2.05, 4.69) is 15.6 Å². The minimum atomic E-state index is -3.03. The first-order chi connectivity index (χ1) is 16.4. The average Bonchev–Trinajstić information content (AvgIpc) is 3.42. The van der Waals surface area contributed by atoms with E-state index in [0.29, 0.717) is 17.7 Å².